The molecule has 0 saturated carbocycles. The summed E-state index contributed by atoms with van der Waals surface area (Å²) in [6.45, 7) is 4.53. The van der Waals surface area contributed by atoms with Gasteiger partial charge in [0, 0.05) is 43.8 Å². The van der Waals surface area contributed by atoms with Gasteiger partial charge in [0.15, 0.2) is 5.78 Å². The molecular formula is C21H23N3O2. The second-order valence-corrected chi connectivity index (χ2v) is 6.59. The number of nitrogens with zero attached hydrogens (tertiary/aromatic N) is 2. The lowest BCUT2D eigenvalue weighted by Gasteiger charge is -2.04. The topological polar surface area (TPSA) is 63.5 Å². The van der Waals surface area contributed by atoms with E-state index in [0.717, 1.165) is 16.9 Å². The molecule has 1 N–H and O–H groups in total. The second kappa shape index (κ2) is 7.95. The van der Waals surface area contributed by atoms with E-state index < -0.39 is 0 Å². The molecule has 0 aliphatic heterocycles. The molecule has 0 radical (unpaired) electrons. The minimum absolute atomic E-state index is 0.00382. The molecule has 1 amide bonds. The molecule has 0 atom stereocenters. The number of nitrogens with one attached hydrogen (secondary N) is 1. The van der Waals surface area contributed by atoms with Crippen molar-refractivity contribution in [2.45, 2.75) is 33.1 Å². The number of hydrogen-bond donors (Lipinski definition) is 1. The SMILES string of the molecule is Cc1ccc(C(=O)CCC(=O)NCCc2cn3cc(C)ccc3n2)cc1. The Morgan fingerprint density at radius 2 is 1.69 bits per heavy atom. The lowest BCUT2D eigenvalue weighted by atomic mass is 10.1. The standard InChI is InChI=1S/C21H23N3O2/c1-15-3-6-17(7-4-15)19(25)8-10-21(26)22-12-11-18-14-24-13-16(2)5-9-20(24)23-18/h3-7,9,13-14H,8,10-12H2,1-2H3,(H,22,26). The third kappa shape index (κ3) is 4.57. The number of aryl methyl sites for hydroxylation is 2. The van der Waals surface area contributed by atoms with Crippen molar-refractivity contribution < 1.29 is 9.59 Å². The Kier molecular flexibility index (Phi) is 5.46. The molecule has 5 nitrogen and oxygen atoms in total. The van der Waals surface area contributed by atoms with Crippen molar-refractivity contribution in [3.05, 3.63) is 71.2 Å². The van der Waals surface area contributed by atoms with Crippen LogP contribution in [0.3, 0.4) is 0 Å². The minimum Gasteiger partial charge on any atom is -0.356 e. The van der Waals surface area contributed by atoms with Crippen LogP contribution in [0.5, 0.6) is 0 Å². The summed E-state index contributed by atoms with van der Waals surface area (Å²) in [5.74, 6) is -0.110. The number of imidazole rings is 1. The molecule has 0 spiro atoms. The van der Waals surface area contributed by atoms with Crippen LogP contribution in [-0.4, -0.2) is 27.6 Å². The fourth-order valence-corrected chi connectivity index (χ4v) is 2.81. The molecule has 2 aromatic heterocycles. The van der Waals surface area contributed by atoms with Crippen LogP contribution in [0.4, 0.5) is 0 Å². The summed E-state index contributed by atoms with van der Waals surface area (Å²) in [6, 6.07) is 11.4. The first-order chi connectivity index (χ1) is 12.5. The number of aromatic nitrogens is 2. The maximum Gasteiger partial charge on any atom is 0.220 e. The van der Waals surface area contributed by atoms with Crippen molar-refractivity contribution >= 4 is 17.3 Å². The van der Waals surface area contributed by atoms with E-state index in [1.165, 1.54) is 5.56 Å². The number of rotatable bonds is 7. The summed E-state index contributed by atoms with van der Waals surface area (Å²) >= 11 is 0. The van der Waals surface area contributed by atoms with Crippen LogP contribution < -0.4 is 5.32 Å². The van der Waals surface area contributed by atoms with E-state index >= 15 is 0 Å². The maximum absolute atomic E-state index is 12.1. The normalized spacial score (nSPS) is 10.8. The van der Waals surface area contributed by atoms with E-state index in [0.29, 0.717) is 18.5 Å². The number of amides is 1. The van der Waals surface area contributed by atoms with Crippen LogP contribution >= 0.6 is 0 Å². The zero-order valence-electron chi connectivity index (χ0n) is 15.2. The van der Waals surface area contributed by atoms with E-state index in [-0.39, 0.29) is 24.5 Å². The summed E-state index contributed by atoms with van der Waals surface area (Å²) in [4.78, 5) is 28.6. The number of carbonyl (C=O) groups excluding carboxylic acids is 2. The smallest absolute Gasteiger partial charge is 0.220 e. The van der Waals surface area contributed by atoms with Crippen LogP contribution in [-0.2, 0) is 11.2 Å². The van der Waals surface area contributed by atoms with Gasteiger partial charge in [-0.05, 0) is 25.5 Å². The highest BCUT2D eigenvalue weighted by molar-refractivity contribution is 5.97. The van der Waals surface area contributed by atoms with Crippen molar-refractivity contribution in [3.8, 4) is 0 Å². The molecule has 5 heteroatoms. The van der Waals surface area contributed by atoms with Gasteiger partial charge in [-0.25, -0.2) is 4.98 Å². The Labute approximate surface area is 153 Å². The molecule has 2 heterocycles. The number of fused-ring (bicyclic) bond motifs is 1. The molecular weight excluding hydrogens is 326 g/mol. The molecule has 1 aromatic carbocycles. The summed E-state index contributed by atoms with van der Waals surface area (Å²) < 4.78 is 1.99. The monoisotopic (exact) mass is 349 g/mol. The second-order valence-electron chi connectivity index (χ2n) is 6.59. The quantitative estimate of drug-likeness (QED) is 0.666. The van der Waals surface area contributed by atoms with Crippen LogP contribution in [0.25, 0.3) is 5.65 Å². The van der Waals surface area contributed by atoms with Gasteiger partial charge in [0.1, 0.15) is 5.65 Å². The Morgan fingerprint density at radius 1 is 0.962 bits per heavy atom. The number of pyridine rings is 1. The zero-order chi connectivity index (χ0) is 18.5. The van der Waals surface area contributed by atoms with E-state index in [9.17, 15) is 9.59 Å². The largest absolute Gasteiger partial charge is 0.356 e. The zero-order valence-corrected chi connectivity index (χ0v) is 15.2. The highest BCUT2D eigenvalue weighted by Crippen LogP contribution is 2.09. The third-order valence-corrected chi connectivity index (χ3v) is 4.30. The summed E-state index contributed by atoms with van der Waals surface area (Å²) in [6.07, 6.45) is 5.11. The van der Waals surface area contributed by atoms with E-state index in [1.54, 1.807) is 12.1 Å². The summed E-state index contributed by atoms with van der Waals surface area (Å²) in [7, 11) is 0. The molecule has 3 aromatic rings. The van der Waals surface area contributed by atoms with Gasteiger partial charge >= 0.3 is 0 Å². The van der Waals surface area contributed by atoms with E-state index in [1.807, 2.05) is 54.9 Å². The Bertz CT molecular complexity index is 926. The average Bonchev–Trinajstić information content (AvgIpc) is 3.02. The first kappa shape index (κ1) is 17.9. The molecule has 0 aliphatic rings. The van der Waals surface area contributed by atoms with Gasteiger partial charge in [-0.3, -0.25) is 9.59 Å². The summed E-state index contributed by atoms with van der Waals surface area (Å²) in [5, 5.41) is 2.86. The first-order valence-electron chi connectivity index (χ1n) is 8.82. The van der Waals surface area contributed by atoms with Gasteiger partial charge in [0.25, 0.3) is 0 Å². The molecule has 26 heavy (non-hydrogen) atoms. The van der Waals surface area contributed by atoms with E-state index in [4.69, 9.17) is 0 Å². The molecule has 0 bridgehead atoms. The lowest BCUT2D eigenvalue weighted by molar-refractivity contribution is -0.121. The molecule has 0 saturated heterocycles. The van der Waals surface area contributed by atoms with Crippen molar-refractivity contribution in [1.29, 1.82) is 0 Å². The van der Waals surface area contributed by atoms with Gasteiger partial charge in [-0.2, -0.15) is 0 Å². The van der Waals surface area contributed by atoms with E-state index in [2.05, 4.69) is 10.3 Å². The highest BCUT2D eigenvalue weighted by atomic mass is 16.2. The first-order valence-corrected chi connectivity index (χ1v) is 8.82. The molecule has 0 aliphatic carbocycles. The maximum atomic E-state index is 12.1. The number of hydrogen-bond acceptors (Lipinski definition) is 3. The minimum atomic E-state index is -0.106. The van der Waals surface area contributed by atoms with Gasteiger partial charge in [-0.1, -0.05) is 35.9 Å². The highest BCUT2D eigenvalue weighted by Gasteiger charge is 2.09. The Morgan fingerprint density at radius 3 is 2.46 bits per heavy atom. The van der Waals surface area contributed by atoms with Gasteiger partial charge < -0.3 is 9.72 Å². The number of Topliss-reactive ketones (excluding diaryl/α,β-unsaturated/α-hetero) is 1. The number of carbonyl (C=O) groups is 2. The van der Waals surface area contributed by atoms with Gasteiger partial charge in [0.05, 0.1) is 5.69 Å². The number of ketones is 1. The third-order valence-electron chi connectivity index (χ3n) is 4.30. The fourth-order valence-electron chi connectivity index (χ4n) is 2.81. The predicted molar refractivity (Wildman–Crippen MR) is 101 cm³/mol. The van der Waals surface area contributed by atoms with Crippen LogP contribution in [0, 0.1) is 13.8 Å². The van der Waals surface area contributed by atoms with Crippen molar-refractivity contribution in [2.24, 2.45) is 0 Å². The number of benzene rings is 1. The molecule has 134 valence electrons. The van der Waals surface area contributed by atoms with Crippen molar-refractivity contribution in [1.82, 2.24) is 14.7 Å². The van der Waals surface area contributed by atoms with Crippen LogP contribution in [0.15, 0.2) is 48.8 Å². The molecule has 0 unspecified atom stereocenters. The van der Waals surface area contributed by atoms with Crippen LogP contribution in [0.2, 0.25) is 0 Å². The Balaban J connectivity index is 1.43. The Hall–Kier alpha value is -2.95. The van der Waals surface area contributed by atoms with Gasteiger partial charge in [0.2, 0.25) is 5.91 Å². The van der Waals surface area contributed by atoms with Crippen molar-refractivity contribution in [3.63, 3.8) is 0 Å². The molecule has 0 fully saturated rings. The molecule has 3 rings (SSSR count). The fraction of sp³-hybridized carbons (Fsp3) is 0.286. The average molecular weight is 349 g/mol. The van der Waals surface area contributed by atoms with Crippen LogP contribution in [0.1, 0.15) is 40.0 Å². The van der Waals surface area contributed by atoms with Crippen molar-refractivity contribution in [2.75, 3.05) is 6.54 Å². The predicted octanol–water partition coefficient (Wildman–Crippen LogP) is 3.27. The van der Waals surface area contributed by atoms with Gasteiger partial charge in [-0.15, -0.1) is 0 Å². The summed E-state index contributed by atoms with van der Waals surface area (Å²) in [5.41, 5.74) is 4.78. The lowest BCUT2D eigenvalue weighted by Crippen LogP contribution is -2.26.